The lowest BCUT2D eigenvalue weighted by Gasteiger charge is -2.20. The van der Waals surface area contributed by atoms with Crippen molar-refractivity contribution in [1.82, 2.24) is 5.43 Å². The summed E-state index contributed by atoms with van der Waals surface area (Å²) in [5.74, 6) is 2.05. The zero-order chi connectivity index (χ0) is 11.5. The summed E-state index contributed by atoms with van der Waals surface area (Å²) in [5, 5.41) is 4.19. The molecule has 0 saturated carbocycles. The first-order valence-corrected chi connectivity index (χ1v) is 5.14. The lowest BCUT2D eigenvalue weighted by atomic mass is 9.93. The van der Waals surface area contributed by atoms with Crippen LogP contribution in [0, 0.1) is 5.92 Å². The van der Waals surface area contributed by atoms with E-state index in [1.165, 1.54) is 0 Å². The van der Waals surface area contributed by atoms with Crippen LogP contribution in [0.3, 0.4) is 0 Å². The highest BCUT2D eigenvalue weighted by atomic mass is 16.1. The zero-order valence-corrected chi connectivity index (χ0v) is 9.03. The summed E-state index contributed by atoms with van der Waals surface area (Å²) < 4.78 is 0. The molecule has 0 saturated heterocycles. The van der Waals surface area contributed by atoms with E-state index in [4.69, 9.17) is 5.73 Å². The van der Waals surface area contributed by atoms with Crippen LogP contribution >= 0.6 is 0 Å². The lowest BCUT2D eigenvalue weighted by molar-refractivity contribution is 0.557. The van der Waals surface area contributed by atoms with Crippen molar-refractivity contribution in [2.24, 2.45) is 11.0 Å². The minimum absolute atomic E-state index is 0.210. The Morgan fingerprint density at radius 2 is 2.12 bits per heavy atom. The molecule has 0 spiro atoms. The molecule has 82 valence electrons. The molecule has 4 heteroatoms. The Hall–Kier alpha value is -2.06. The summed E-state index contributed by atoms with van der Waals surface area (Å²) in [5.41, 5.74) is 11.5. The second-order valence-corrected chi connectivity index (χ2v) is 3.92. The van der Waals surface area contributed by atoms with Gasteiger partial charge in [-0.25, -0.2) is 4.79 Å². The third-order valence-electron chi connectivity index (χ3n) is 2.62. The highest BCUT2D eigenvalue weighted by Crippen LogP contribution is 2.20. The van der Waals surface area contributed by atoms with Crippen LogP contribution in [0.15, 0.2) is 35.1 Å². The molecular formula is C12H13N3O. The van der Waals surface area contributed by atoms with E-state index >= 15 is 0 Å². The maximum atomic E-state index is 10.5. The van der Waals surface area contributed by atoms with Gasteiger partial charge < -0.3 is 5.73 Å². The molecule has 4 nitrogen and oxygen atoms in total. The van der Waals surface area contributed by atoms with Gasteiger partial charge in [-0.15, -0.1) is 0 Å². The van der Waals surface area contributed by atoms with Gasteiger partial charge in [-0.05, 0) is 17.7 Å². The molecule has 2 rings (SSSR count). The number of nitrogen functional groups attached to an aromatic ring is 1. The summed E-state index contributed by atoms with van der Waals surface area (Å²) in [6.45, 7) is 2.04. The molecule has 0 unspecified atom stereocenters. The number of nitrogens with zero attached hydrogens (tertiary/aromatic N) is 1. The van der Waals surface area contributed by atoms with E-state index < -0.39 is 0 Å². The fourth-order valence-electron chi connectivity index (χ4n) is 1.75. The topological polar surface area (TPSA) is 67.5 Å². The highest BCUT2D eigenvalue weighted by Gasteiger charge is 2.19. The Balaban J connectivity index is 2.31. The largest absolute Gasteiger partial charge is 0.399 e. The molecule has 16 heavy (non-hydrogen) atoms. The number of nitrogens with one attached hydrogen (secondary N) is 1. The monoisotopic (exact) mass is 215 g/mol. The van der Waals surface area contributed by atoms with E-state index in [2.05, 4.69) is 10.5 Å². The summed E-state index contributed by atoms with van der Waals surface area (Å²) in [4.78, 5) is 10.5. The zero-order valence-electron chi connectivity index (χ0n) is 9.03. The molecule has 1 aliphatic rings. The quantitative estimate of drug-likeness (QED) is 0.548. The Bertz CT molecular complexity index is 470. The number of nitrogens with two attached hydrogens (primary N) is 1. The Morgan fingerprint density at radius 1 is 1.44 bits per heavy atom. The number of hydrogen-bond acceptors (Lipinski definition) is 4. The van der Waals surface area contributed by atoms with Crippen LogP contribution in [0.1, 0.15) is 18.9 Å². The second kappa shape index (κ2) is 4.21. The fourth-order valence-corrected chi connectivity index (χ4v) is 1.75. The van der Waals surface area contributed by atoms with Crippen molar-refractivity contribution in [2.75, 3.05) is 5.73 Å². The number of benzene rings is 1. The maximum Gasteiger partial charge on any atom is 0.147 e. The smallest absolute Gasteiger partial charge is 0.147 e. The lowest BCUT2D eigenvalue weighted by Crippen LogP contribution is -2.26. The van der Waals surface area contributed by atoms with Gasteiger partial charge in [0.25, 0.3) is 0 Å². The van der Waals surface area contributed by atoms with E-state index in [0.29, 0.717) is 12.1 Å². The molecule has 0 bridgehead atoms. The van der Waals surface area contributed by atoms with Gasteiger partial charge >= 0.3 is 0 Å². The van der Waals surface area contributed by atoms with Crippen molar-refractivity contribution in [2.45, 2.75) is 13.3 Å². The first-order valence-electron chi connectivity index (χ1n) is 5.14. The van der Waals surface area contributed by atoms with Gasteiger partial charge in [0.1, 0.15) is 11.6 Å². The van der Waals surface area contributed by atoms with Gasteiger partial charge in [0.15, 0.2) is 0 Å². The standard InChI is InChI=1S/C12H13N3O/c1-8-6-11(7-16)14-15-12(8)9-2-4-10(13)5-3-9/h2-5,8,14H,6,13H2,1H3/t8-/m1/s1. The second-order valence-electron chi connectivity index (χ2n) is 3.92. The molecule has 1 aromatic carbocycles. The first kappa shape index (κ1) is 10.5. The van der Waals surface area contributed by atoms with E-state index in [1.54, 1.807) is 0 Å². The highest BCUT2D eigenvalue weighted by molar-refractivity contribution is 6.02. The van der Waals surface area contributed by atoms with E-state index in [9.17, 15) is 4.79 Å². The molecule has 0 aromatic heterocycles. The number of rotatable bonds is 1. The molecule has 1 aromatic rings. The first-order chi connectivity index (χ1) is 7.70. The van der Waals surface area contributed by atoms with Crippen molar-refractivity contribution < 1.29 is 4.79 Å². The fraction of sp³-hybridized carbons (Fsp3) is 0.250. The van der Waals surface area contributed by atoms with Crippen LogP contribution in [-0.2, 0) is 4.79 Å². The van der Waals surface area contributed by atoms with Gasteiger partial charge in [0.2, 0.25) is 0 Å². The summed E-state index contributed by atoms with van der Waals surface area (Å²) >= 11 is 0. The van der Waals surface area contributed by atoms with Crippen LogP contribution in [-0.4, -0.2) is 11.7 Å². The van der Waals surface area contributed by atoms with Gasteiger partial charge in [-0.2, -0.15) is 5.10 Å². The van der Waals surface area contributed by atoms with Gasteiger partial charge in [-0.1, -0.05) is 19.1 Å². The molecule has 1 heterocycles. The molecule has 1 atom stereocenters. The minimum atomic E-state index is 0.210. The van der Waals surface area contributed by atoms with Gasteiger partial charge in [0.05, 0.1) is 5.71 Å². The average molecular weight is 215 g/mol. The van der Waals surface area contributed by atoms with E-state index in [-0.39, 0.29) is 5.92 Å². The number of allylic oxidation sites excluding steroid dienone is 1. The molecule has 0 fully saturated rings. The Kier molecular flexibility index (Phi) is 2.75. The molecular weight excluding hydrogens is 202 g/mol. The van der Waals surface area contributed by atoms with Crippen molar-refractivity contribution in [1.29, 1.82) is 0 Å². The van der Waals surface area contributed by atoms with Crippen molar-refractivity contribution in [3.05, 3.63) is 35.5 Å². The normalized spacial score (nSPS) is 19.7. The summed E-state index contributed by atoms with van der Waals surface area (Å²) in [6.07, 6.45) is 0.646. The molecule has 0 aliphatic carbocycles. The number of hydrogen-bond donors (Lipinski definition) is 2. The van der Waals surface area contributed by atoms with Crippen LogP contribution in [0.25, 0.3) is 0 Å². The Morgan fingerprint density at radius 3 is 2.69 bits per heavy atom. The van der Waals surface area contributed by atoms with Crippen LogP contribution in [0.5, 0.6) is 0 Å². The van der Waals surface area contributed by atoms with Gasteiger partial charge in [0, 0.05) is 18.0 Å². The third kappa shape index (κ3) is 1.97. The number of carbonyl (C=O) groups excluding carboxylic acids is 1. The van der Waals surface area contributed by atoms with E-state index in [0.717, 1.165) is 17.0 Å². The minimum Gasteiger partial charge on any atom is -0.399 e. The van der Waals surface area contributed by atoms with Crippen molar-refractivity contribution in [3.8, 4) is 0 Å². The SMILES string of the molecule is C[C@@H]1CC(=C=O)NN=C1c1ccc(N)cc1. The predicted octanol–water partition coefficient (Wildman–Crippen LogP) is 1.32. The third-order valence-corrected chi connectivity index (χ3v) is 2.62. The number of anilines is 1. The molecule has 0 radical (unpaired) electrons. The summed E-state index contributed by atoms with van der Waals surface area (Å²) in [6, 6.07) is 7.55. The summed E-state index contributed by atoms with van der Waals surface area (Å²) in [7, 11) is 0. The van der Waals surface area contributed by atoms with Crippen LogP contribution < -0.4 is 11.2 Å². The molecule has 1 aliphatic heterocycles. The van der Waals surface area contributed by atoms with Crippen LogP contribution in [0.4, 0.5) is 5.69 Å². The Labute approximate surface area is 93.8 Å². The molecule has 3 N–H and O–H groups in total. The van der Waals surface area contributed by atoms with Gasteiger partial charge in [-0.3, -0.25) is 5.43 Å². The number of hydrazone groups is 1. The van der Waals surface area contributed by atoms with Crippen LogP contribution in [0.2, 0.25) is 0 Å². The van der Waals surface area contributed by atoms with Crippen molar-refractivity contribution in [3.63, 3.8) is 0 Å². The predicted molar refractivity (Wildman–Crippen MR) is 63.5 cm³/mol. The maximum absolute atomic E-state index is 10.5. The average Bonchev–Trinajstić information content (AvgIpc) is 2.30. The molecule has 0 amide bonds. The van der Waals surface area contributed by atoms with E-state index in [1.807, 2.05) is 37.1 Å². The van der Waals surface area contributed by atoms with Crippen molar-refractivity contribution >= 4 is 17.3 Å².